The number of aromatic nitrogens is 3. The van der Waals surface area contributed by atoms with Gasteiger partial charge >= 0.3 is 6.36 Å². The van der Waals surface area contributed by atoms with Crippen molar-refractivity contribution in [1.29, 1.82) is 0 Å². The Bertz CT molecular complexity index is 1300. The fourth-order valence-electron chi connectivity index (χ4n) is 3.07. The maximum absolute atomic E-state index is 13.7. The van der Waals surface area contributed by atoms with Crippen LogP contribution in [0.2, 0.25) is 0 Å². The number of nitrogens with one attached hydrogen (secondary N) is 1. The van der Waals surface area contributed by atoms with Gasteiger partial charge in [-0.1, -0.05) is 11.2 Å². The number of halogens is 5. The standard InChI is InChI=1S/C22H15F5N4O3/c23-15-6-3-14(17(24)10-15)11-28-19(32)12-31-9-1-2-18(31)21-29-20(30-34-21)13-4-7-16(8-5-13)33-22(25,26)27/h1-10H,11-12H2,(H,28,32). The number of hydrogen-bond acceptors (Lipinski definition) is 5. The van der Waals surface area contributed by atoms with Crippen molar-refractivity contribution < 1.29 is 36.0 Å². The lowest BCUT2D eigenvalue weighted by atomic mass is 10.2. The van der Waals surface area contributed by atoms with Crippen LogP contribution in [0, 0.1) is 11.6 Å². The lowest BCUT2D eigenvalue weighted by Gasteiger charge is -2.09. The first-order chi connectivity index (χ1) is 16.2. The highest BCUT2D eigenvalue weighted by Crippen LogP contribution is 2.27. The van der Waals surface area contributed by atoms with Crippen molar-refractivity contribution in [1.82, 2.24) is 20.0 Å². The third-order valence-corrected chi connectivity index (χ3v) is 4.63. The number of ether oxygens (including phenoxy) is 1. The van der Waals surface area contributed by atoms with E-state index in [0.29, 0.717) is 11.3 Å². The normalized spacial score (nSPS) is 11.4. The number of rotatable bonds is 7. The largest absolute Gasteiger partial charge is 0.573 e. The number of nitrogens with zero attached hydrogens (tertiary/aromatic N) is 3. The predicted molar refractivity (Wildman–Crippen MR) is 108 cm³/mol. The highest BCUT2D eigenvalue weighted by Gasteiger charge is 2.31. The van der Waals surface area contributed by atoms with E-state index < -0.39 is 23.9 Å². The first kappa shape index (κ1) is 23.0. The molecule has 0 saturated carbocycles. The summed E-state index contributed by atoms with van der Waals surface area (Å²) in [7, 11) is 0. The molecule has 0 aliphatic rings. The number of carbonyl (C=O) groups excluding carboxylic acids is 1. The van der Waals surface area contributed by atoms with E-state index in [1.165, 1.54) is 22.8 Å². The van der Waals surface area contributed by atoms with Crippen LogP contribution in [0.15, 0.2) is 65.3 Å². The minimum Gasteiger partial charge on any atom is -0.406 e. The van der Waals surface area contributed by atoms with Gasteiger partial charge in [-0.3, -0.25) is 4.79 Å². The Labute approximate surface area is 188 Å². The molecule has 0 spiro atoms. The minimum absolute atomic E-state index is 0.0768. The minimum atomic E-state index is -4.80. The average molecular weight is 478 g/mol. The summed E-state index contributed by atoms with van der Waals surface area (Å²) in [5, 5.41) is 6.37. The van der Waals surface area contributed by atoms with Crippen LogP contribution in [0.3, 0.4) is 0 Å². The second-order valence-corrected chi connectivity index (χ2v) is 7.03. The predicted octanol–water partition coefficient (Wildman–Crippen LogP) is 4.70. The van der Waals surface area contributed by atoms with E-state index in [9.17, 15) is 26.7 Å². The van der Waals surface area contributed by atoms with Gasteiger partial charge in [0.05, 0.1) is 0 Å². The van der Waals surface area contributed by atoms with Crippen LogP contribution in [0.25, 0.3) is 23.0 Å². The zero-order chi connectivity index (χ0) is 24.3. The summed E-state index contributed by atoms with van der Waals surface area (Å²) < 4.78 is 74.2. The number of hydrogen-bond donors (Lipinski definition) is 1. The average Bonchev–Trinajstić information content (AvgIpc) is 3.42. The van der Waals surface area contributed by atoms with E-state index in [4.69, 9.17) is 4.52 Å². The highest BCUT2D eigenvalue weighted by atomic mass is 19.4. The van der Waals surface area contributed by atoms with Crippen LogP contribution in [0.4, 0.5) is 22.0 Å². The van der Waals surface area contributed by atoms with E-state index in [2.05, 4.69) is 20.2 Å². The molecular formula is C22H15F5N4O3. The molecular weight excluding hydrogens is 463 g/mol. The molecule has 176 valence electrons. The Hall–Kier alpha value is -4.22. The van der Waals surface area contributed by atoms with E-state index in [0.717, 1.165) is 24.3 Å². The zero-order valence-electron chi connectivity index (χ0n) is 17.1. The molecule has 0 radical (unpaired) electrons. The van der Waals surface area contributed by atoms with E-state index in [-0.39, 0.29) is 36.1 Å². The summed E-state index contributed by atoms with van der Waals surface area (Å²) in [6.07, 6.45) is -3.20. The lowest BCUT2D eigenvalue weighted by Crippen LogP contribution is -2.27. The van der Waals surface area contributed by atoms with Crippen molar-refractivity contribution in [3.8, 4) is 28.7 Å². The molecule has 0 saturated heterocycles. The molecule has 0 aliphatic heterocycles. The molecule has 0 unspecified atom stereocenters. The smallest absolute Gasteiger partial charge is 0.406 e. The molecule has 0 bridgehead atoms. The maximum atomic E-state index is 13.7. The van der Waals surface area contributed by atoms with Gasteiger partial charge in [0, 0.05) is 29.9 Å². The number of alkyl halides is 3. The molecule has 2 aromatic carbocycles. The molecule has 4 rings (SSSR count). The SMILES string of the molecule is O=C(Cn1cccc1-c1nc(-c2ccc(OC(F)(F)F)cc2)no1)NCc1ccc(F)cc1F. The molecule has 12 heteroatoms. The van der Waals surface area contributed by atoms with Crippen molar-refractivity contribution in [3.05, 3.63) is 78.0 Å². The third-order valence-electron chi connectivity index (χ3n) is 4.63. The van der Waals surface area contributed by atoms with Gasteiger partial charge in [0.1, 0.15) is 29.6 Å². The molecule has 2 aromatic heterocycles. The van der Waals surface area contributed by atoms with Crippen molar-refractivity contribution >= 4 is 5.91 Å². The summed E-state index contributed by atoms with van der Waals surface area (Å²) in [6.45, 7) is -0.271. The van der Waals surface area contributed by atoms with Crippen LogP contribution in [-0.4, -0.2) is 27.0 Å². The van der Waals surface area contributed by atoms with Gasteiger partial charge in [-0.2, -0.15) is 4.98 Å². The van der Waals surface area contributed by atoms with Crippen LogP contribution in [0.1, 0.15) is 5.56 Å². The Morgan fingerprint density at radius 2 is 1.85 bits per heavy atom. The second-order valence-electron chi connectivity index (χ2n) is 7.03. The zero-order valence-corrected chi connectivity index (χ0v) is 17.1. The maximum Gasteiger partial charge on any atom is 0.573 e. The van der Waals surface area contributed by atoms with Gasteiger partial charge < -0.3 is 19.1 Å². The van der Waals surface area contributed by atoms with Gasteiger partial charge in [0.25, 0.3) is 5.89 Å². The monoisotopic (exact) mass is 478 g/mol. The summed E-state index contributed by atoms with van der Waals surface area (Å²) >= 11 is 0. The van der Waals surface area contributed by atoms with Gasteiger partial charge in [0.15, 0.2) is 0 Å². The number of benzene rings is 2. The Kier molecular flexibility index (Phi) is 6.30. The fraction of sp³-hybridized carbons (Fsp3) is 0.136. The number of amides is 1. The third kappa shape index (κ3) is 5.57. The van der Waals surface area contributed by atoms with Gasteiger partial charge in [0.2, 0.25) is 11.7 Å². The summed E-state index contributed by atoms with van der Waals surface area (Å²) in [5.41, 5.74) is 0.941. The topological polar surface area (TPSA) is 82.2 Å². The molecule has 1 N–H and O–H groups in total. The summed E-state index contributed by atoms with van der Waals surface area (Å²) in [6, 6.07) is 11.3. The molecule has 0 aliphatic carbocycles. The first-order valence-corrected chi connectivity index (χ1v) is 9.74. The Morgan fingerprint density at radius 1 is 1.09 bits per heavy atom. The van der Waals surface area contributed by atoms with E-state index in [1.807, 2.05) is 0 Å². The van der Waals surface area contributed by atoms with Crippen LogP contribution in [0.5, 0.6) is 5.75 Å². The van der Waals surface area contributed by atoms with Crippen LogP contribution in [-0.2, 0) is 17.9 Å². The Morgan fingerprint density at radius 3 is 2.56 bits per heavy atom. The van der Waals surface area contributed by atoms with Gasteiger partial charge in [-0.05, 0) is 42.5 Å². The van der Waals surface area contributed by atoms with Crippen LogP contribution < -0.4 is 10.1 Å². The number of carbonyl (C=O) groups is 1. The van der Waals surface area contributed by atoms with Gasteiger partial charge in [-0.15, -0.1) is 13.2 Å². The second kappa shape index (κ2) is 9.33. The van der Waals surface area contributed by atoms with E-state index in [1.54, 1.807) is 18.3 Å². The molecule has 4 aromatic rings. The molecule has 0 fully saturated rings. The Balaban J connectivity index is 1.42. The van der Waals surface area contributed by atoms with Gasteiger partial charge in [-0.25, -0.2) is 8.78 Å². The highest BCUT2D eigenvalue weighted by molar-refractivity contribution is 5.76. The lowest BCUT2D eigenvalue weighted by molar-refractivity contribution is -0.274. The van der Waals surface area contributed by atoms with Crippen molar-refractivity contribution in [2.24, 2.45) is 0 Å². The molecule has 34 heavy (non-hydrogen) atoms. The first-order valence-electron chi connectivity index (χ1n) is 9.74. The summed E-state index contributed by atoms with van der Waals surface area (Å²) in [4.78, 5) is 16.5. The van der Waals surface area contributed by atoms with Crippen LogP contribution >= 0.6 is 0 Å². The molecule has 2 heterocycles. The molecule has 1 amide bonds. The summed E-state index contributed by atoms with van der Waals surface area (Å²) in [5.74, 6) is -2.11. The van der Waals surface area contributed by atoms with Crippen molar-refractivity contribution in [3.63, 3.8) is 0 Å². The molecule has 7 nitrogen and oxygen atoms in total. The van der Waals surface area contributed by atoms with E-state index >= 15 is 0 Å². The van der Waals surface area contributed by atoms with Crippen molar-refractivity contribution in [2.45, 2.75) is 19.5 Å². The quantitative estimate of drug-likeness (QED) is 0.390. The van der Waals surface area contributed by atoms with Crippen molar-refractivity contribution in [2.75, 3.05) is 0 Å². The fourth-order valence-corrected chi connectivity index (χ4v) is 3.07. The molecule has 0 atom stereocenters.